The van der Waals surface area contributed by atoms with Crippen molar-refractivity contribution in [3.8, 4) is 5.75 Å². The van der Waals surface area contributed by atoms with Gasteiger partial charge in [-0.05, 0) is 47.5 Å². The number of aryl methyl sites for hydroxylation is 1. The topological polar surface area (TPSA) is 75.7 Å². The molecule has 1 N–H and O–H groups in total. The Morgan fingerprint density at radius 3 is 2.25 bits per heavy atom. The molecule has 7 heteroatoms. The third-order valence-corrected chi connectivity index (χ3v) is 6.36. The third-order valence-electron chi connectivity index (χ3n) is 4.55. The second-order valence-corrected chi connectivity index (χ2v) is 8.77. The summed E-state index contributed by atoms with van der Waals surface area (Å²) >= 11 is 0. The first kappa shape index (κ1) is 19.9. The molecule has 3 rings (SSSR count). The Balaban J connectivity index is 2.01. The van der Waals surface area contributed by atoms with Crippen LogP contribution < -0.4 is 10.1 Å². The molecule has 1 amide bonds. The van der Waals surface area contributed by atoms with Gasteiger partial charge in [-0.2, -0.15) is 0 Å². The van der Waals surface area contributed by atoms with Crippen molar-refractivity contribution in [2.24, 2.45) is 0 Å². The summed E-state index contributed by atoms with van der Waals surface area (Å²) in [4.78, 5) is 13.0. The summed E-state index contributed by atoms with van der Waals surface area (Å²) in [6.45, 7) is 1.80. The molecule has 28 heavy (non-hydrogen) atoms. The van der Waals surface area contributed by atoms with Crippen LogP contribution in [0.15, 0.2) is 59.5 Å². The summed E-state index contributed by atoms with van der Waals surface area (Å²) in [6, 6.07) is 15.9. The first-order valence-corrected chi connectivity index (χ1v) is 10.1. The lowest BCUT2D eigenvalue weighted by atomic mass is 10.0. The summed E-state index contributed by atoms with van der Waals surface area (Å²) in [5.41, 5.74) is 1.57. The van der Waals surface area contributed by atoms with Gasteiger partial charge in [0.25, 0.3) is 5.91 Å². The summed E-state index contributed by atoms with van der Waals surface area (Å²) < 4.78 is 31.3. The molecule has 0 radical (unpaired) electrons. The zero-order valence-electron chi connectivity index (χ0n) is 16.2. The minimum Gasteiger partial charge on any atom is -0.496 e. The van der Waals surface area contributed by atoms with Gasteiger partial charge >= 0.3 is 0 Å². The van der Waals surface area contributed by atoms with E-state index >= 15 is 0 Å². The van der Waals surface area contributed by atoms with E-state index in [1.807, 2.05) is 30.3 Å². The van der Waals surface area contributed by atoms with Crippen LogP contribution in [-0.4, -0.2) is 39.8 Å². The maximum absolute atomic E-state index is 12.9. The molecule has 0 aliphatic carbocycles. The van der Waals surface area contributed by atoms with Gasteiger partial charge in [0.05, 0.1) is 17.6 Å². The van der Waals surface area contributed by atoms with Crippen LogP contribution in [0.5, 0.6) is 5.75 Å². The molecule has 0 unspecified atom stereocenters. The van der Waals surface area contributed by atoms with Gasteiger partial charge in [-0.25, -0.2) is 12.7 Å². The van der Waals surface area contributed by atoms with Crippen molar-refractivity contribution in [3.05, 3.63) is 65.7 Å². The molecule has 6 nitrogen and oxygen atoms in total. The van der Waals surface area contributed by atoms with Crippen LogP contribution in [0.3, 0.4) is 0 Å². The SMILES string of the molecule is COc1cc2ccccc2cc1C(=O)Nc1cc(S(=O)(=O)N(C)C)ccc1C. The van der Waals surface area contributed by atoms with E-state index in [4.69, 9.17) is 4.74 Å². The summed E-state index contributed by atoms with van der Waals surface area (Å²) in [6.07, 6.45) is 0. The average molecular weight is 398 g/mol. The van der Waals surface area contributed by atoms with Crippen molar-refractivity contribution in [2.75, 3.05) is 26.5 Å². The highest BCUT2D eigenvalue weighted by Gasteiger charge is 2.20. The van der Waals surface area contributed by atoms with E-state index in [0.717, 1.165) is 20.6 Å². The molecule has 0 saturated carbocycles. The van der Waals surface area contributed by atoms with Gasteiger partial charge in [-0.15, -0.1) is 0 Å². The monoisotopic (exact) mass is 398 g/mol. The molecule has 0 aliphatic heterocycles. The highest BCUT2D eigenvalue weighted by Crippen LogP contribution is 2.28. The second kappa shape index (κ2) is 7.61. The van der Waals surface area contributed by atoms with Crippen molar-refractivity contribution in [1.82, 2.24) is 4.31 Å². The number of carbonyl (C=O) groups is 1. The van der Waals surface area contributed by atoms with E-state index in [0.29, 0.717) is 17.0 Å². The Kier molecular flexibility index (Phi) is 5.40. The first-order chi connectivity index (χ1) is 13.2. The number of fused-ring (bicyclic) bond motifs is 1. The van der Waals surface area contributed by atoms with Crippen LogP contribution in [-0.2, 0) is 10.0 Å². The molecule has 0 atom stereocenters. The van der Waals surface area contributed by atoms with Gasteiger partial charge in [0.1, 0.15) is 5.75 Å². The largest absolute Gasteiger partial charge is 0.496 e. The van der Waals surface area contributed by atoms with E-state index in [2.05, 4.69) is 5.32 Å². The molecule has 0 aliphatic rings. The molecular formula is C21H22N2O4S. The first-order valence-electron chi connectivity index (χ1n) is 8.65. The Morgan fingerprint density at radius 1 is 1.00 bits per heavy atom. The summed E-state index contributed by atoms with van der Waals surface area (Å²) in [5, 5.41) is 4.69. The molecule has 0 heterocycles. The zero-order valence-corrected chi connectivity index (χ0v) is 17.0. The highest BCUT2D eigenvalue weighted by molar-refractivity contribution is 7.89. The number of hydrogen-bond donors (Lipinski definition) is 1. The number of anilines is 1. The van der Waals surface area contributed by atoms with Gasteiger partial charge in [0.2, 0.25) is 10.0 Å². The van der Waals surface area contributed by atoms with E-state index in [1.165, 1.54) is 33.3 Å². The normalized spacial score (nSPS) is 11.6. The van der Waals surface area contributed by atoms with Crippen molar-refractivity contribution >= 4 is 32.4 Å². The number of methoxy groups -OCH3 is 1. The maximum atomic E-state index is 12.9. The molecule has 0 saturated heterocycles. The lowest BCUT2D eigenvalue weighted by Gasteiger charge is -2.15. The standard InChI is InChI=1S/C21H22N2O4S/c1-14-9-10-17(28(25,26)23(2)3)13-19(14)22-21(24)18-11-15-7-5-6-8-16(15)12-20(18)27-4/h5-13H,1-4H3,(H,22,24). The molecule has 0 bridgehead atoms. The molecule has 0 spiro atoms. The minimum atomic E-state index is -3.60. The Morgan fingerprint density at radius 2 is 1.64 bits per heavy atom. The Hall–Kier alpha value is -2.90. The molecule has 146 valence electrons. The lowest BCUT2D eigenvalue weighted by molar-refractivity contribution is 0.102. The molecule has 0 aromatic heterocycles. The summed E-state index contributed by atoms with van der Waals surface area (Å²) in [7, 11) is 0.841. The van der Waals surface area contributed by atoms with Gasteiger partial charge < -0.3 is 10.1 Å². The number of rotatable bonds is 5. The number of hydrogen-bond acceptors (Lipinski definition) is 4. The molecule has 3 aromatic rings. The van der Waals surface area contributed by atoms with E-state index in [9.17, 15) is 13.2 Å². The molecule has 3 aromatic carbocycles. The number of amides is 1. The van der Waals surface area contributed by atoms with E-state index < -0.39 is 10.0 Å². The van der Waals surface area contributed by atoms with Crippen LogP contribution in [0.1, 0.15) is 15.9 Å². The predicted molar refractivity (Wildman–Crippen MR) is 111 cm³/mol. The van der Waals surface area contributed by atoms with Crippen LogP contribution in [0, 0.1) is 6.92 Å². The molecule has 0 fully saturated rings. The fraction of sp³-hybridized carbons (Fsp3) is 0.190. The zero-order chi connectivity index (χ0) is 20.5. The molecular weight excluding hydrogens is 376 g/mol. The number of nitrogens with zero attached hydrogens (tertiary/aromatic N) is 1. The average Bonchev–Trinajstić information content (AvgIpc) is 2.68. The van der Waals surface area contributed by atoms with E-state index in [-0.39, 0.29) is 10.8 Å². The number of benzene rings is 3. The minimum absolute atomic E-state index is 0.115. The van der Waals surface area contributed by atoms with E-state index in [1.54, 1.807) is 19.1 Å². The maximum Gasteiger partial charge on any atom is 0.259 e. The van der Waals surface area contributed by atoms with Crippen molar-refractivity contribution in [1.29, 1.82) is 0 Å². The van der Waals surface area contributed by atoms with Crippen molar-refractivity contribution < 1.29 is 17.9 Å². The van der Waals surface area contributed by atoms with Gasteiger partial charge in [-0.3, -0.25) is 4.79 Å². The Bertz CT molecular complexity index is 1150. The van der Waals surface area contributed by atoms with Crippen molar-refractivity contribution in [3.63, 3.8) is 0 Å². The van der Waals surface area contributed by atoms with Crippen LogP contribution in [0.2, 0.25) is 0 Å². The fourth-order valence-electron chi connectivity index (χ4n) is 2.86. The van der Waals surface area contributed by atoms with Gasteiger partial charge in [0, 0.05) is 19.8 Å². The van der Waals surface area contributed by atoms with Crippen LogP contribution >= 0.6 is 0 Å². The smallest absolute Gasteiger partial charge is 0.259 e. The number of nitrogens with one attached hydrogen (secondary N) is 1. The number of ether oxygens (including phenoxy) is 1. The highest BCUT2D eigenvalue weighted by atomic mass is 32.2. The van der Waals surface area contributed by atoms with Gasteiger partial charge in [-0.1, -0.05) is 30.3 Å². The summed E-state index contributed by atoms with van der Waals surface area (Å²) in [5.74, 6) is 0.0797. The number of carbonyl (C=O) groups excluding carboxylic acids is 1. The fourth-order valence-corrected chi connectivity index (χ4v) is 3.79. The second-order valence-electron chi connectivity index (χ2n) is 6.62. The van der Waals surface area contributed by atoms with Crippen molar-refractivity contribution in [2.45, 2.75) is 11.8 Å². The Labute approximate surface area is 164 Å². The lowest BCUT2D eigenvalue weighted by Crippen LogP contribution is -2.22. The predicted octanol–water partition coefficient (Wildman–Crippen LogP) is 3.66. The van der Waals surface area contributed by atoms with Gasteiger partial charge in [0.15, 0.2) is 0 Å². The number of sulfonamides is 1. The van der Waals surface area contributed by atoms with Crippen LogP contribution in [0.4, 0.5) is 5.69 Å². The third kappa shape index (κ3) is 3.72. The quantitative estimate of drug-likeness (QED) is 0.712. The van der Waals surface area contributed by atoms with Crippen LogP contribution in [0.25, 0.3) is 10.8 Å².